The number of rotatable bonds is 3. The van der Waals surface area contributed by atoms with Crippen molar-refractivity contribution in [2.45, 2.75) is 19.1 Å². The fraction of sp³-hybridized carbons (Fsp3) is 0.462. The van der Waals surface area contributed by atoms with Gasteiger partial charge in [0.25, 0.3) is 0 Å². The maximum absolute atomic E-state index is 11.9. The zero-order valence-corrected chi connectivity index (χ0v) is 12.0. The van der Waals surface area contributed by atoms with Crippen LogP contribution >= 0.6 is 0 Å². The molecule has 1 aromatic heterocycles. The first kappa shape index (κ1) is 13.4. The number of aromatic nitrogens is 1. The first-order valence-corrected chi connectivity index (χ1v) is 8.27. The third-order valence-electron chi connectivity index (χ3n) is 3.77. The monoisotopic (exact) mass is 296 g/mol. The number of fused-ring (bicyclic) bond motifs is 1. The SMILES string of the molecule is CN(Cn1c(=O)oc2ccccc21)C1CCS(=O)(=O)C1. The lowest BCUT2D eigenvalue weighted by Crippen LogP contribution is -2.36. The highest BCUT2D eigenvalue weighted by molar-refractivity contribution is 7.91. The maximum atomic E-state index is 11.9. The Morgan fingerprint density at radius 3 is 2.85 bits per heavy atom. The summed E-state index contributed by atoms with van der Waals surface area (Å²) in [7, 11) is -1.09. The first-order chi connectivity index (χ1) is 9.46. The minimum absolute atomic E-state index is 0.0411. The van der Waals surface area contributed by atoms with Crippen LogP contribution in [0, 0.1) is 0 Å². The molecule has 0 N–H and O–H groups in total. The zero-order valence-electron chi connectivity index (χ0n) is 11.2. The topological polar surface area (TPSA) is 72.5 Å². The summed E-state index contributed by atoms with van der Waals surface area (Å²) >= 11 is 0. The molecule has 1 fully saturated rings. The fourth-order valence-electron chi connectivity index (χ4n) is 2.61. The molecule has 1 aliphatic rings. The van der Waals surface area contributed by atoms with E-state index in [4.69, 9.17) is 4.42 Å². The van der Waals surface area contributed by atoms with Crippen molar-refractivity contribution >= 4 is 20.9 Å². The van der Waals surface area contributed by atoms with E-state index in [-0.39, 0.29) is 17.5 Å². The molecule has 1 unspecified atom stereocenters. The van der Waals surface area contributed by atoms with Gasteiger partial charge in [-0.25, -0.2) is 13.2 Å². The van der Waals surface area contributed by atoms with Crippen molar-refractivity contribution in [3.8, 4) is 0 Å². The molecule has 0 amide bonds. The molecule has 1 aliphatic heterocycles. The Hall–Kier alpha value is -1.60. The maximum Gasteiger partial charge on any atom is 0.421 e. The molecule has 108 valence electrons. The van der Waals surface area contributed by atoms with Crippen LogP contribution < -0.4 is 5.76 Å². The van der Waals surface area contributed by atoms with Crippen LogP contribution in [0.4, 0.5) is 0 Å². The molecule has 0 radical (unpaired) electrons. The van der Waals surface area contributed by atoms with Crippen LogP contribution in [0.15, 0.2) is 33.5 Å². The molecular weight excluding hydrogens is 280 g/mol. The van der Waals surface area contributed by atoms with Gasteiger partial charge in [0.2, 0.25) is 0 Å². The van der Waals surface area contributed by atoms with Crippen LogP contribution in [0.2, 0.25) is 0 Å². The Balaban J connectivity index is 1.86. The molecule has 0 saturated carbocycles. The van der Waals surface area contributed by atoms with E-state index in [9.17, 15) is 13.2 Å². The molecule has 1 atom stereocenters. The highest BCUT2D eigenvalue weighted by Gasteiger charge is 2.31. The summed E-state index contributed by atoms with van der Waals surface area (Å²) in [5, 5.41) is 0. The minimum atomic E-state index is -2.92. The molecule has 2 aromatic rings. The van der Waals surface area contributed by atoms with E-state index in [0.29, 0.717) is 18.7 Å². The van der Waals surface area contributed by atoms with E-state index in [1.165, 1.54) is 4.57 Å². The van der Waals surface area contributed by atoms with Crippen molar-refractivity contribution in [2.75, 3.05) is 18.6 Å². The number of hydrogen-bond acceptors (Lipinski definition) is 5. The molecule has 7 heteroatoms. The van der Waals surface area contributed by atoms with Crippen LogP contribution in [0.1, 0.15) is 6.42 Å². The standard InChI is InChI=1S/C13H16N2O4S/c1-14(10-6-7-20(17,18)8-10)9-15-11-4-2-3-5-12(11)19-13(15)16/h2-5,10H,6-9H2,1H3. The van der Waals surface area contributed by atoms with Gasteiger partial charge in [0.1, 0.15) is 0 Å². The van der Waals surface area contributed by atoms with E-state index in [1.54, 1.807) is 6.07 Å². The van der Waals surface area contributed by atoms with Gasteiger partial charge in [0, 0.05) is 6.04 Å². The van der Waals surface area contributed by atoms with Crippen molar-refractivity contribution in [1.82, 2.24) is 9.47 Å². The Labute approximate surface area is 116 Å². The molecule has 1 saturated heterocycles. The summed E-state index contributed by atoms with van der Waals surface area (Å²) in [4.78, 5) is 13.8. The molecule has 20 heavy (non-hydrogen) atoms. The average Bonchev–Trinajstić information content (AvgIpc) is 2.91. The molecule has 1 aromatic carbocycles. The smallest absolute Gasteiger partial charge is 0.408 e. The summed E-state index contributed by atoms with van der Waals surface area (Å²) in [6, 6.07) is 7.17. The number of sulfone groups is 1. The van der Waals surface area contributed by atoms with Crippen molar-refractivity contribution in [3.63, 3.8) is 0 Å². The van der Waals surface area contributed by atoms with E-state index in [1.807, 2.05) is 30.1 Å². The van der Waals surface area contributed by atoms with Gasteiger partial charge in [-0.2, -0.15) is 0 Å². The zero-order chi connectivity index (χ0) is 14.3. The average molecular weight is 296 g/mol. The highest BCUT2D eigenvalue weighted by Crippen LogP contribution is 2.18. The third kappa shape index (κ3) is 2.38. The third-order valence-corrected chi connectivity index (χ3v) is 5.52. The van der Waals surface area contributed by atoms with Gasteiger partial charge < -0.3 is 4.42 Å². The molecule has 0 spiro atoms. The normalized spacial score (nSPS) is 21.8. The van der Waals surface area contributed by atoms with Crippen LogP contribution in [0.5, 0.6) is 0 Å². The first-order valence-electron chi connectivity index (χ1n) is 6.45. The van der Waals surface area contributed by atoms with Crippen LogP contribution in [-0.2, 0) is 16.5 Å². The van der Waals surface area contributed by atoms with Crippen molar-refractivity contribution < 1.29 is 12.8 Å². The van der Waals surface area contributed by atoms with Gasteiger partial charge >= 0.3 is 5.76 Å². The Bertz CT molecular complexity index is 790. The molecule has 0 bridgehead atoms. The minimum Gasteiger partial charge on any atom is -0.408 e. The van der Waals surface area contributed by atoms with Crippen LogP contribution in [-0.4, -0.2) is 42.5 Å². The number of benzene rings is 1. The molecule has 0 aliphatic carbocycles. The summed E-state index contributed by atoms with van der Waals surface area (Å²) < 4.78 is 29.7. The van der Waals surface area contributed by atoms with Gasteiger partial charge in [-0.05, 0) is 25.6 Å². The predicted octanol–water partition coefficient (Wildman–Crippen LogP) is 0.671. The van der Waals surface area contributed by atoms with Crippen LogP contribution in [0.3, 0.4) is 0 Å². The molecule has 3 rings (SSSR count). The van der Waals surface area contributed by atoms with E-state index in [2.05, 4.69) is 0 Å². The summed E-state index contributed by atoms with van der Waals surface area (Å²) in [6.07, 6.45) is 0.614. The summed E-state index contributed by atoms with van der Waals surface area (Å²) in [5.74, 6) is -0.0317. The molecule has 6 nitrogen and oxygen atoms in total. The molecular formula is C13H16N2O4S. The van der Waals surface area contributed by atoms with Gasteiger partial charge in [-0.1, -0.05) is 12.1 Å². The fourth-order valence-corrected chi connectivity index (χ4v) is 4.41. The lowest BCUT2D eigenvalue weighted by Gasteiger charge is -2.22. The Kier molecular flexibility index (Phi) is 3.18. The summed E-state index contributed by atoms with van der Waals surface area (Å²) in [6.45, 7) is 0.329. The lowest BCUT2D eigenvalue weighted by atomic mass is 10.2. The second-order valence-electron chi connectivity index (χ2n) is 5.22. The Morgan fingerprint density at radius 1 is 1.40 bits per heavy atom. The van der Waals surface area contributed by atoms with E-state index < -0.39 is 15.6 Å². The summed E-state index contributed by atoms with van der Waals surface area (Å²) in [5.41, 5.74) is 1.27. The largest absolute Gasteiger partial charge is 0.421 e. The Morgan fingerprint density at radius 2 is 2.15 bits per heavy atom. The van der Waals surface area contributed by atoms with Gasteiger partial charge in [0.15, 0.2) is 15.4 Å². The lowest BCUT2D eigenvalue weighted by molar-refractivity contribution is 0.204. The second kappa shape index (κ2) is 4.75. The number of para-hydroxylation sites is 2. The quantitative estimate of drug-likeness (QED) is 0.832. The predicted molar refractivity (Wildman–Crippen MR) is 75.3 cm³/mol. The van der Waals surface area contributed by atoms with E-state index >= 15 is 0 Å². The van der Waals surface area contributed by atoms with E-state index in [0.717, 1.165) is 5.52 Å². The van der Waals surface area contributed by atoms with Crippen LogP contribution in [0.25, 0.3) is 11.1 Å². The van der Waals surface area contributed by atoms with Crippen molar-refractivity contribution in [2.24, 2.45) is 0 Å². The number of nitrogens with zero attached hydrogens (tertiary/aromatic N) is 2. The number of oxazole rings is 1. The van der Waals surface area contributed by atoms with Crippen molar-refractivity contribution in [3.05, 3.63) is 34.8 Å². The van der Waals surface area contributed by atoms with Gasteiger partial charge in [-0.3, -0.25) is 9.47 Å². The van der Waals surface area contributed by atoms with Gasteiger partial charge in [0.05, 0.1) is 23.7 Å². The second-order valence-corrected chi connectivity index (χ2v) is 7.45. The number of hydrogen-bond donors (Lipinski definition) is 0. The molecule has 2 heterocycles. The highest BCUT2D eigenvalue weighted by atomic mass is 32.2. The van der Waals surface area contributed by atoms with Gasteiger partial charge in [-0.15, -0.1) is 0 Å². The van der Waals surface area contributed by atoms with Crippen molar-refractivity contribution in [1.29, 1.82) is 0 Å².